The Morgan fingerprint density at radius 3 is 2.66 bits per heavy atom. The van der Waals surface area contributed by atoms with Gasteiger partial charge >= 0.3 is 0 Å². The molecule has 2 aromatic carbocycles. The van der Waals surface area contributed by atoms with Gasteiger partial charge in [0.05, 0.1) is 16.6 Å². The van der Waals surface area contributed by atoms with Crippen molar-refractivity contribution in [1.29, 1.82) is 0 Å². The van der Waals surface area contributed by atoms with Crippen LogP contribution in [0.3, 0.4) is 0 Å². The maximum absolute atomic E-state index is 12.6. The number of benzene rings is 2. The van der Waals surface area contributed by atoms with Gasteiger partial charge in [0.25, 0.3) is 5.91 Å². The molecule has 1 amide bonds. The second kappa shape index (κ2) is 9.76. The van der Waals surface area contributed by atoms with Gasteiger partial charge in [-0.2, -0.15) is 0 Å². The smallest absolute Gasteiger partial charge is 0.253 e. The predicted octanol–water partition coefficient (Wildman–Crippen LogP) is 5.21. The molecule has 3 rings (SSSR count). The lowest BCUT2D eigenvalue weighted by molar-refractivity contribution is 0.0937. The number of allylic oxidation sites excluding steroid dienone is 1. The number of amides is 1. The molecule has 0 fully saturated rings. The van der Waals surface area contributed by atoms with Gasteiger partial charge in [-0.1, -0.05) is 71.4 Å². The summed E-state index contributed by atoms with van der Waals surface area (Å²) in [5.74, 6) is 1.22. The van der Waals surface area contributed by atoms with Crippen molar-refractivity contribution in [3.63, 3.8) is 0 Å². The third-order valence-electron chi connectivity index (χ3n) is 4.40. The molecule has 0 radical (unpaired) electrons. The SMILES string of the molecule is C=CCn1c(SCc2ccc(C)cc2)nnc1[C@@H](C)NC(=O)c1ccccc1Cl. The minimum atomic E-state index is -0.333. The summed E-state index contributed by atoms with van der Waals surface area (Å²) in [6.45, 7) is 8.35. The summed E-state index contributed by atoms with van der Waals surface area (Å²) in [5.41, 5.74) is 2.89. The van der Waals surface area contributed by atoms with Crippen molar-refractivity contribution in [2.75, 3.05) is 0 Å². The number of nitrogens with one attached hydrogen (secondary N) is 1. The zero-order valence-electron chi connectivity index (χ0n) is 16.4. The van der Waals surface area contributed by atoms with E-state index >= 15 is 0 Å². The molecule has 1 heterocycles. The van der Waals surface area contributed by atoms with E-state index in [1.165, 1.54) is 11.1 Å². The van der Waals surface area contributed by atoms with Crippen LogP contribution in [-0.4, -0.2) is 20.7 Å². The summed E-state index contributed by atoms with van der Waals surface area (Å²) in [6, 6.07) is 15.1. The molecule has 0 aliphatic carbocycles. The van der Waals surface area contributed by atoms with Crippen LogP contribution in [0, 0.1) is 6.92 Å². The molecule has 0 saturated heterocycles. The topological polar surface area (TPSA) is 59.8 Å². The number of carbonyl (C=O) groups excluding carboxylic acids is 1. The Kier molecular flexibility index (Phi) is 7.12. The Labute approximate surface area is 180 Å². The highest BCUT2D eigenvalue weighted by atomic mass is 35.5. The molecule has 0 aliphatic rings. The largest absolute Gasteiger partial charge is 0.342 e. The Morgan fingerprint density at radius 2 is 1.97 bits per heavy atom. The minimum absolute atomic E-state index is 0.245. The van der Waals surface area contributed by atoms with Crippen LogP contribution in [0.15, 0.2) is 66.3 Å². The molecule has 1 aromatic heterocycles. The average molecular weight is 427 g/mol. The van der Waals surface area contributed by atoms with Crippen LogP contribution in [0.5, 0.6) is 0 Å². The first-order valence-electron chi connectivity index (χ1n) is 9.27. The second-order valence-electron chi connectivity index (χ2n) is 6.69. The van der Waals surface area contributed by atoms with E-state index in [4.69, 9.17) is 11.6 Å². The van der Waals surface area contributed by atoms with Gasteiger partial charge in [0.15, 0.2) is 11.0 Å². The van der Waals surface area contributed by atoms with Gasteiger partial charge in [0.1, 0.15) is 0 Å². The monoisotopic (exact) mass is 426 g/mol. The molecule has 1 N–H and O–H groups in total. The number of aromatic nitrogens is 3. The highest BCUT2D eigenvalue weighted by molar-refractivity contribution is 7.98. The van der Waals surface area contributed by atoms with Crippen LogP contribution in [0.25, 0.3) is 0 Å². The Balaban J connectivity index is 1.74. The highest BCUT2D eigenvalue weighted by Gasteiger charge is 2.20. The maximum Gasteiger partial charge on any atom is 0.253 e. The highest BCUT2D eigenvalue weighted by Crippen LogP contribution is 2.25. The van der Waals surface area contributed by atoms with Crippen LogP contribution >= 0.6 is 23.4 Å². The number of aryl methyl sites for hydroxylation is 1. The van der Waals surface area contributed by atoms with Crippen LogP contribution in [0.1, 0.15) is 40.3 Å². The Hall–Kier alpha value is -2.57. The normalized spacial score (nSPS) is 11.8. The van der Waals surface area contributed by atoms with Crippen molar-refractivity contribution >= 4 is 29.3 Å². The van der Waals surface area contributed by atoms with E-state index in [0.29, 0.717) is 23.0 Å². The summed E-state index contributed by atoms with van der Waals surface area (Å²) in [4.78, 5) is 12.6. The fourth-order valence-electron chi connectivity index (χ4n) is 2.84. The zero-order chi connectivity index (χ0) is 20.8. The standard InChI is InChI=1S/C22H23ClN4OS/c1-4-13-27-20(16(3)24-21(28)18-7-5-6-8-19(18)23)25-26-22(27)29-14-17-11-9-15(2)10-12-17/h4-12,16H,1,13-14H2,2-3H3,(H,24,28)/t16-/m1/s1. The van der Waals surface area contributed by atoms with E-state index < -0.39 is 0 Å². The van der Waals surface area contributed by atoms with E-state index in [-0.39, 0.29) is 11.9 Å². The summed E-state index contributed by atoms with van der Waals surface area (Å²) in [6.07, 6.45) is 1.80. The molecule has 0 saturated carbocycles. The molecule has 0 bridgehead atoms. The molecule has 3 aromatic rings. The number of hydrogen-bond acceptors (Lipinski definition) is 4. The minimum Gasteiger partial charge on any atom is -0.342 e. The fraction of sp³-hybridized carbons (Fsp3) is 0.227. The van der Waals surface area contributed by atoms with Gasteiger partial charge in [-0.3, -0.25) is 4.79 Å². The van der Waals surface area contributed by atoms with Crippen molar-refractivity contribution < 1.29 is 4.79 Å². The molecule has 7 heteroatoms. The van der Waals surface area contributed by atoms with Gasteiger partial charge in [-0.05, 0) is 31.5 Å². The average Bonchev–Trinajstić information content (AvgIpc) is 3.11. The molecule has 150 valence electrons. The predicted molar refractivity (Wildman–Crippen MR) is 118 cm³/mol. The van der Waals surface area contributed by atoms with Crippen molar-refractivity contribution in [2.45, 2.75) is 37.3 Å². The van der Waals surface area contributed by atoms with E-state index in [0.717, 1.165) is 10.9 Å². The Morgan fingerprint density at radius 1 is 1.24 bits per heavy atom. The first-order valence-corrected chi connectivity index (χ1v) is 10.6. The van der Waals surface area contributed by atoms with Crippen molar-refractivity contribution in [3.05, 3.63) is 88.7 Å². The summed E-state index contributed by atoms with van der Waals surface area (Å²) >= 11 is 7.74. The molecule has 1 atom stereocenters. The quantitative estimate of drug-likeness (QED) is 0.396. The summed E-state index contributed by atoms with van der Waals surface area (Å²) in [7, 11) is 0. The number of hydrogen-bond donors (Lipinski definition) is 1. The Bertz CT molecular complexity index is 1000. The van der Waals surface area contributed by atoms with Gasteiger partial charge in [0, 0.05) is 12.3 Å². The summed E-state index contributed by atoms with van der Waals surface area (Å²) < 4.78 is 1.98. The molecule has 0 unspecified atom stereocenters. The van der Waals surface area contributed by atoms with Crippen molar-refractivity contribution in [2.24, 2.45) is 0 Å². The molecular formula is C22H23ClN4OS. The van der Waals surface area contributed by atoms with Crippen molar-refractivity contribution in [1.82, 2.24) is 20.1 Å². The lowest BCUT2D eigenvalue weighted by atomic mass is 10.2. The van der Waals surface area contributed by atoms with Gasteiger partial charge in [-0.15, -0.1) is 16.8 Å². The molecular weight excluding hydrogens is 404 g/mol. The molecule has 5 nitrogen and oxygen atoms in total. The number of halogens is 1. The molecule has 0 aliphatic heterocycles. The van der Waals surface area contributed by atoms with E-state index in [1.54, 1.807) is 42.1 Å². The molecule has 0 spiro atoms. The second-order valence-corrected chi connectivity index (χ2v) is 8.04. The fourth-order valence-corrected chi connectivity index (χ4v) is 3.98. The van der Waals surface area contributed by atoms with Gasteiger partial charge in [-0.25, -0.2) is 0 Å². The number of thioether (sulfide) groups is 1. The number of nitrogens with zero attached hydrogens (tertiary/aromatic N) is 3. The maximum atomic E-state index is 12.6. The van der Waals surface area contributed by atoms with Crippen LogP contribution in [0.2, 0.25) is 5.02 Å². The third kappa shape index (κ3) is 5.28. The van der Waals surface area contributed by atoms with Crippen molar-refractivity contribution in [3.8, 4) is 0 Å². The lowest BCUT2D eigenvalue weighted by Gasteiger charge is -2.15. The van der Waals surface area contributed by atoms with Crippen LogP contribution < -0.4 is 5.32 Å². The lowest BCUT2D eigenvalue weighted by Crippen LogP contribution is -2.29. The number of rotatable bonds is 8. The molecule has 29 heavy (non-hydrogen) atoms. The third-order valence-corrected chi connectivity index (χ3v) is 5.77. The van der Waals surface area contributed by atoms with Gasteiger partial charge < -0.3 is 9.88 Å². The van der Waals surface area contributed by atoms with Crippen LogP contribution in [0.4, 0.5) is 0 Å². The first-order chi connectivity index (χ1) is 14.0. The van der Waals surface area contributed by atoms with E-state index in [1.807, 2.05) is 11.5 Å². The van der Waals surface area contributed by atoms with E-state index in [2.05, 4.69) is 53.3 Å². The zero-order valence-corrected chi connectivity index (χ0v) is 18.0. The number of carbonyl (C=O) groups is 1. The summed E-state index contributed by atoms with van der Waals surface area (Å²) in [5, 5.41) is 12.8. The van der Waals surface area contributed by atoms with Gasteiger partial charge in [0.2, 0.25) is 0 Å². The van der Waals surface area contributed by atoms with E-state index in [9.17, 15) is 4.79 Å². The van der Waals surface area contributed by atoms with Crippen LogP contribution in [-0.2, 0) is 12.3 Å². The first kappa shape index (κ1) is 21.1.